The summed E-state index contributed by atoms with van der Waals surface area (Å²) in [6.07, 6.45) is 3.12. The average Bonchev–Trinajstić information content (AvgIpc) is 2.68. The molecule has 0 fully saturated rings. The third kappa shape index (κ3) is 4.11. The van der Waals surface area contributed by atoms with Crippen LogP contribution in [0.15, 0.2) is 41.4 Å². The van der Waals surface area contributed by atoms with E-state index >= 15 is 0 Å². The lowest BCUT2D eigenvalue weighted by Gasteiger charge is -1.96. The summed E-state index contributed by atoms with van der Waals surface area (Å²) < 4.78 is 4.13. The first-order valence-electron chi connectivity index (χ1n) is 4.88. The third-order valence-corrected chi connectivity index (χ3v) is 2.61. The molecule has 0 atom stereocenters. The van der Waals surface area contributed by atoms with Gasteiger partial charge >= 0.3 is 6.03 Å². The molecule has 0 radical (unpaired) electrons. The van der Waals surface area contributed by atoms with Crippen LogP contribution in [0.3, 0.4) is 0 Å². The molecule has 8 heteroatoms. The molecule has 0 saturated heterocycles. The molecule has 2 amide bonds. The van der Waals surface area contributed by atoms with Gasteiger partial charge in [-0.15, -0.1) is 9.36 Å². The van der Waals surface area contributed by atoms with Crippen molar-refractivity contribution in [2.24, 2.45) is 5.73 Å². The normalized spacial score (nSPS) is 9.61. The molecule has 0 aliphatic heterocycles. The molecule has 0 aliphatic rings. The average molecular weight is 377 g/mol. The molecule has 0 aliphatic carbocycles. The Kier molecular flexibility index (Phi) is 5.29. The SMILES string of the molecule is NC(=O)N[n+]1cnn(Cc2ccc(Br)cc2)c1.[Br-]. The lowest BCUT2D eigenvalue weighted by Crippen LogP contribution is -3.00. The molecule has 1 aromatic heterocycles. The molecule has 1 heterocycles. The van der Waals surface area contributed by atoms with Crippen LogP contribution in [-0.2, 0) is 6.54 Å². The Bertz CT molecular complexity index is 525. The smallest absolute Gasteiger partial charge is 0.342 e. The Morgan fingerprint density at radius 3 is 2.72 bits per heavy atom. The zero-order valence-electron chi connectivity index (χ0n) is 9.25. The van der Waals surface area contributed by atoms with E-state index in [-0.39, 0.29) is 17.0 Å². The molecule has 3 N–H and O–H groups in total. The second kappa shape index (κ2) is 6.50. The van der Waals surface area contributed by atoms with Crippen LogP contribution in [-0.4, -0.2) is 15.8 Å². The van der Waals surface area contributed by atoms with Gasteiger partial charge in [0.05, 0.1) is 0 Å². The zero-order chi connectivity index (χ0) is 12.3. The first-order chi connectivity index (χ1) is 8.13. The van der Waals surface area contributed by atoms with Gasteiger partial charge in [0.2, 0.25) is 6.33 Å². The van der Waals surface area contributed by atoms with Gasteiger partial charge < -0.3 is 22.7 Å². The van der Waals surface area contributed by atoms with Crippen LogP contribution in [0.5, 0.6) is 0 Å². The van der Waals surface area contributed by atoms with E-state index in [1.807, 2.05) is 24.3 Å². The van der Waals surface area contributed by atoms with Crippen molar-refractivity contribution in [3.8, 4) is 0 Å². The van der Waals surface area contributed by atoms with Gasteiger partial charge in [-0.25, -0.2) is 4.79 Å². The minimum absolute atomic E-state index is 0. The number of benzene rings is 1. The number of aromatic nitrogens is 3. The number of primary amides is 1. The van der Waals surface area contributed by atoms with E-state index in [0.717, 1.165) is 10.0 Å². The van der Waals surface area contributed by atoms with Crippen LogP contribution >= 0.6 is 15.9 Å². The van der Waals surface area contributed by atoms with Gasteiger partial charge in [0.15, 0.2) is 0 Å². The molecule has 6 nitrogen and oxygen atoms in total. The lowest BCUT2D eigenvalue weighted by atomic mass is 10.2. The molecule has 96 valence electrons. The van der Waals surface area contributed by atoms with Gasteiger partial charge in [0.1, 0.15) is 6.54 Å². The summed E-state index contributed by atoms with van der Waals surface area (Å²) in [6, 6.07) is 7.30. The molecule has 0 spiro atoms. The van der Waals surface area contributed by atoms with Crippen LogP contribution < -0.4 is 32.8 Å². The number of nitrogens with zero attached hydrogens (tertiary/aromatic N) is 3. The number of urea groups is 1. The van der Waals surface area contributed by atoms with E-state index in [1.54, 1.807) is 11.0 Å². The number of halogens is 2. The summed E-state index contributed by atoms with van der Waals surface area (Å²) in [5.41, 5.74) is 8.49. The Morgan fingerprint density at radius 1 is 1.44 bits per heavy atom. The molecular weight excluding hydrogens is 366 g/mol. The fraction of sp³-hybridized carbons (Fsp3) is 0.100. The second-order valence-electron chi connectivity index (χ2n) is 3.45. The van der Waals surface area contributed by atoms with Gasteiger partial charge in [-0.1, -0.05) is 28.1 Å². The molecule has 2 aromatic rings. The van der Waals surface area contributed by atoms with Crippen molar-refractivity contribution in [2.45, 2.75) is 6.54 Å². The predicted molar refractivity (Wildman–Crippen MR) is 64.6 cm³/mol. The standard InChI is InChI=1S/C10H10BrN5O.BrH/c11-9-3-1-8(2-4-9)5-15-7-16(6-13-15)14-10(12)17;/h1-4,6-7H,5H2,(H2-,12,14,17);1H. The maximum atomic E-state index is 10.6. The van der Waals surface area contributed by atoms with E-state index in [9.17, 15) is 4.79 Å². The molecule has 18 heavy (non-hydrogen) atoms. The number of hydrogen-bond acceptors (Lipinski definition) is 2. The van der Waals surface area contributed by atoms with Gasteiger partial charge in [0, 0.05) is 9.57 Å². The van der Waals surface area contributed by atoms with Crippen molar-refractivity contribution in [3.63, 3.8) is 0 Å². The van der Waals surface area contributed by atoms with E-state index in [4.69, 9.17) is 5.73 Å². The Labute approximate surface area is 123 Å². The number of amides is 2. The maximum absolute atomic E-state index is 10.6. The first kappa shape index (κ1) is 14.7. The molecule has 2 rings (SSSR count). The fourth-order valence-corrected chi connectivity index (χ4v) is 1.63. The topological polar surface area (TPSA) is 76.8 Å². The highest BCUT2D eigenvalue weighted by atomic mass is 79.9. The highest BCUT2D eigenvalue weighted by molar-refractivity contribution is 9.10. The Hall–Kier alpha value is -1.41. The van der Waals surface area contributed by atoms with Crippen LogP contribution in [0.1, 0.15) is 5.56 Å². The minimum Gasteiger partial charge on any atom is -1.00 e. The van der Waals surface area contributed by atoms with E-state index in [1.165, 1.54) is 11.0 Å². The highest BCUT2D eigenvalue weighted by Gasteiger charge is 2.07. The number of nitrogens with two attached hydrogens (primary N) is 1. The number of carbonyl (C=O) groups excluding carboxylic acids is 1. The van der Waals surface area contributed by atoms with Crippen LogP contribution in [0.4, 0.5) is 4.79 Å². The van der Waals surface area contributed by atoms with Crippen LogP contribution in [0.2, 0.25) is 0 Å². The largest absolute Gasteiger partial charge is 1.00 e. The van der Waals surface area contributed by atoms with Crippen molar-refractivity contribution in [2.75, 3.05) is 5.43 Å². The van der Waals surface area contributed by atoms with E-state index in [2.05, 4.69) is 26.5 Å². The first-order valence-corrected chi connectivity index (χ1v) is 5.67. The van der Waals surface area contributed by atoms with E-state index < -0.39 is 6.03 Å². The van der Waals surface area contributed by atoms with Crippen molar-refractivity contribution in [3.05, 3.63) is 47.0 Å². The Balaban J connectivity index is 0.00000162. The number of carbonyl (C=O) groups is 1. The number of rotatable bonds is 3. The monoisotopic (exact) mass is 375 g/mol. The predicted octanol–water partition coefficient (Wildman–Crippen LogP) is -2.39. The van der Waals surface area contributed by atoms with Gasteiger partial charge in [0.25, 0.3) is 6.33 Å². The van der Waals surface area contributed by atoms with Crippen LogP contribution in [0.25, 0.3) is 0 Å². The number of hydrogen-bond donors (Lipinski definition) is 2. The quantitative estimate of drug-likeness (QED) is 0.586. The third-order valence-electron chi connectivity index (χ3n) is 2.08. The van der Waals surface area contributed by atoms with Crippen molar-refractivity contribution >= 4 is 22.0 Å². The van der Waals surface area contributed by atoms with Gasteiger partial charge in [-0.05, 0) is 17.7 Å². The minimum atomic E-state index is -0.627. The molecule has 1 aromatic carbocycles. The van der Waals surface area contributed by atoms with Crippen molar-refractivity contribution in [1.82, 2.24) is 9.78 Å². The summed E-state index contributed by atoms with van der Waals surface area (Å²) in [5, 5.41) is 4.08. The van der Waals surface area contributed by atoms with Crippen LogP contribution in [0, 0.1) is 0 Å². The maximum Gasteiger partial charge on any atom is 0.342 e. The molecule has 0 bridgehead atoms. The summed E-state index contributed by atoms with van der Waals surface area (Å²) in [6.45, 7) is 0.626. The van der Waals surface area contributed by atoms with E-state index in [0.29, 0.717) is 6.54 Å². The van der Waals surface area contributed by atoms with Crippen molar-refractivity contribution in [1.29, 1.82) is 0 Å². The fourth-order valence-electron chi connectivity index (χ4n) is 1.37. The summed E-state index contributed by atoms with van der Waals surface area (Å²) in [5.74, 6) is 0. The molecular formula is C10H11Br2N5O. The van der Waals surface area contributed by atoms with Crippen molar-refractivity contribution < 1.29 is 26.5 Å². The summed E-state index contributed by atoms with van der Waals surface area (Å²) >= 11 is 3.37. The summed E-state index contributed by atoms with van der Waals surface area (Å²) in [7, 11) is 0. The molecule has 0 unspecified atom stereocenters. The zero-order valence-corrected chi connectivity index (χ0v) is 12.4. The highest BCUT2D eigenvalue weighted by Crippen LogP contribution is 2.10. The van der Waals surface area contributed by atoms with Gasteiger partial charge in [-0.3, -0.25) is 0 Å². The molecule has 0 saturated carbocycles. The van der Waals surface area contributed by atoms with Gasteiger partial charge in [-0.2, -0.15) is 5.43 Å². The number of nitrogens with one attached hydrogen (secondary N) is 1. The lowest BCUT2D eigenvalue weighted by molar-refractivity contribution is -0.642. The second-order valence-corrected chi connectivity index (χ2v) is 4.37. The summed E-state index contributed by atoms with van der Waals surface area (Å²) in [4.78, 5) is 10.6. The Morgan fingerprint density at radius 2 is 2.11 bits per heavy atom.